The van der Waals surface area contributed by atoms with Gasteiger partial charge in [-0.05, 0) is 85.9 Å². The summed E-state index contributed by atoms with van der Waals surface area (Å²) in [6.45, 7) is 4.01. The van der Waals surface area contributed by atoms with Crippen LogP contribution in [-0.2, 0) is 17.6 Å². The van der Waals surface area contributed by atoms with Crippen molar-refractivity contribution >= 4 is 45.8 Å². The molecule has 0 aromatic heterocycles. The van der Waals surface area contributed by atoms with E-state index in [1.807, 2.05) is 42.5 Å². The van der Waals surface area contributed by atoms with Crippen molar-refractivity contribution in [2.24, 2.45) is 28.3 Å². The number of rotatable bonds is 12. The van der Waals surface area contributed by atoms with E-state index in [0.29, 0.717) is 60.0 Å². The monoisotopic (exact) mass is 644 g/mol. The van der Waals surface area contributed by atoms with Crippen LogP contribution in [-0.4, -0.2) is 43.3 Å². The summed E-state index contributed by atoms with van der Waals surface area (Å²) in [5.41, 5.74) is 16.9. The van der Waals surface area contributed by atoms with Crippen LogP contribution in [0.2, 0.25) is 0 Å². The fraction of sp³-hybridized carbons (Fsp3) is 0.333. The van der Waals surface area contributed by atoms with Gasteiger partial charge in [0.1, 0.15) is 0 Å². The molecule has 0 saturated heterocycles. The summed E-state index contributed by atoms with van der Waals surface area (Å²) in [7, 11) is 0. The predicted molar refractivity (Wildman–Crippen MR) is 192 cm³/mol. The van der Waals surface area contributed by atoms with E-state index in [-0.39, 0.29) is 23.7 Å². The summed E-state index contributed by atoms with van der Waals surface area (Å²) in [5.74, 6) is 0.202. The normalized spacial score (nSPS) is 17.3. The van der Waals surface area contributed by atoms with Gasteiger partial charge in [0.15, 0.2) is 5.96 Å². The van der Waals surface area contributed by atoms with Crippen molar-refractivity contribution in [3.05, 3.63) is 107 Å². The van der Waals surface area contributed by atoms with Crippen LogP contribution in [0.25, 0.3) is 10.8 Å². The van der Waals surface area contributed by atoms with Crippen molar-refractivity contribution < 1.29 is 14.4 Å². The third-order valence-electron chi connectivity index (χ3n) is 9.70. The van der Waals surface area contributed by atoms with Gasteiger partial charge in [0.2, 0.25) is 5.91 Å². The van der Waals surface area contributed by atoms with Crippen LogP contribution in [0, 0.1) is 18.8 Å². The lowest BCUT2D eigenvalue weighted by Gasteiger charge is -2.31. The maximum Gasteiger partial charge on any atom is 0.265 e. The highest BCUT2D eigenvalue weighted by Gasteiger charge is 2.35. The van der Waals surface area contributed by atoms with Crippen molar-refractivity contribution in [3.63, 3.8) is 0 Å². The van der Waals surface area contributed by atoms with Crippen LogP contribution in [0.1, 0.15) is 69.5 Å². The number of amides is 3. The number of carbonyl (C=O) groups excluding carboxylic acids is 3. The molecule has 4 aromatic rings. The molecule has 2 aliphatic rings. The lowest BCUT2D eigenvalue weighted by molar-refractivity contribution is -0.121. The number of nitrogens with one attached hydrogen (secondary N) is 2. The Kier molecular flexibility index (Phi) is 10.0. The standard InChI is InChI=1S/C39H44N6O3/c1-25-12-14-26(15-13-25)20-21-42-35(46)19-16-27-6-4-9-30(22-27)45-37(47)32-11-5-10-31-34(18-17-33(36(31)32)38(45)48)43-23-28-7-2-3-8-29(28)24-44-39(40)41/h4-6,9-15,17-18,22,28-29,43H,2-3,7-8,16,19-21,23-24H2,1H3,(H,42,46)(H4,40,41,44). The molecule has 48 heavy (non-hydrogen) atoms. The largest absolute Gasteiger partial charge is 0.384 e. The van der Waals surface area contributed by atoms with E-state index >= 15 is 0 Å². The van der Waals surface area contributed by atoms with Gasteiger partial charge in [-0.1, -0.05) is 66.9 Å². The summed E-state index contributed by atoms with van der Waals surface area (Å²) in [6, 6.07) is 25.0. The molecule has 4 aromatic carbocycles. The van der Waals surface area contributed by atoms with Gasteiger partial charge < -0.3 is 22.1 Å². The van der Waals surface area contributed by atoms with E-state index in [0.717, 1.165) is 42.4 Å². The van der Waals surface area contributed by atoms with Crippen LogP contribution in [0.15, 0.2) is 83.9 Å². The Hall–Kier alpha value is -5.18. The minimum Gasteiger partial charge on any atom is -0.384 e. The van der Waals surface area contributed by atoms with Gasteiger partial charge in [-0.3, -0.25) is 19.4 Å². The first-order valence-corrected chi connectivity index (χ1v) is 16.9. The molecule has 2 atom stereocenters. The Morgan fingerprint density at radius 1 is 0.854 bits per heavy atom. The molecular formula is C39H44N6O3. The van der Waals surface area contributed by atoms with E-state index in [1.54, 1.807) is 12.1 Å². The minimum atomic E-state index is -0.356. The summed E-state index contributed by atoms with van der Waals surface area (Å²) in [5, 5.41) is 8.15. The van der Waals surface area contributed by atoms with Gasteiger partial charge in [0.05, 0.1) is 5.69 Å². The van der Waals surface area contributed by atoms with Crippen LogP contribution in [0.3, 0.4) is 0 Å². The third-order valence-corrected chi connectivity index (χ3v) is 9.70. The Balaban J connectivity index is 1.13. The molecule has 1 aliphatic heterocycles. The highest BCUT2D eigenvalue weighted by atomic mass is 16.2. The average molecular weight is 645 g/mol. The third kappa shape index (κ3) is 7.35. The number of nitrogens with two attached hydrogens (primary N) is 2. The van der Waals surface area contributed by atoms with Crippen LogP contribution < -0.4 is 27.0 Å². The minimum absolute atomic E-state index is 0.0320. The van der Waals surface area contributed by atoms with Gasteiger partial charge in [0.25, 0.3) is 11.8 Å². The van der Waals surface area contributed by atoms with Crippen molar-refractivity contribution in [1.82, 2.24) is 5.32 Å². The fourth-order valence-corrected chi connectivity index (χ4v) is 7.04. The van der Waals surface area contributed by atoms with Gasteiger partial charge in [-0.15, -0.1) is 0 Å². The molecule has 0 spiro atoms. The number of nitrogens with zero attached hydrogens (tertiary/aromatic N) is 2. The zero-order chi connectivity index (χ0) is 33.6. The number of hydrogen-bond donors (Lipinski definition) is 4. The number of hydrogen-bond acceptors (Lipinski definition) is 5. The second kappa shape index (κ2) is 14.7. The number of guanidine groups is 1. The second-order valence-corrected chi connectivity index (χ2v) is 13.0. The van der Waals surface area contributed by atoms with Crippen LogP contribution in [0.5, 0.6) is 0 Å². The number of carbonyl (C=O) groups is 3. The second-order valence-electron chi connectivity index (χ2n) is 13.0. The molecule has 0 bridgehead atoms. The van der Waals surface area contributed by atoms with Crippen molar-refractivity contribution in [2.75, 3.05) is 29.9 Å². The zero-order valence-corrected chi connectivity index (χ0v) is 27.5. The average Bonchev–Trinajstić information content (AvgIpc) is 3.09. The van der Waals surface area contributed by atoms with Crippen molar-refractivity contribution in [3.8, 4) is 0 Å². The molecular weight excluding hydrogens is 600 g/mol. The lowest BCUT2D eigenvalue weighted by Crippen LogP contribution is -2.40. The van der Waals surface area contributed by atoms with Gasteiger partial charge in [-0.2, -0.15) is 0 Å². The van der Waals surface area contributed by atoms with E-state index in [9.17, 15) is 14.4 Å². The van der Waals surface area contributed by atoms with E-state index in [2.05, 4.69) is 46.8 Å². The molecule has 1 fully saturated rings. The smallest absolute Gasteiger partial charge is 0.265 e. The predicted octanol–water partition coefficient (Wildman–Crippen LogP) is 5.73. The fourth-order valence-electron chi connectivity index (χ4n) is 7.04. The van der Waals surface area contributed by atoms with Crippen LogP contribution >= 0.6 is 0 Å². The van der Waals surface area contributed by atoms with Crippen molar-refractivity contribution in [1.29, 1.82) is 0 Å². The molecule has 1 heterocycles. The highest BCUT2D eigenvalue weighted by Crippen LogP contribution is 2.37. The summed E-state index contributed by atoms with van der Waals surface area (Å²) in [6.07, 6.45) is 6.13. The Morgan fingerprint density at radius 2 is 1.58 bits per heavy atom. The van der Waals surface area contributed by atoms with Crippen molar-refractivity contribution in [2.45, 2.75) is 51.9 Å². The zero-order valence-electron chi connectivity index (χ0n) is 27.5. The number of benzene rings is 4. The molecule has 6 N–H and O–H groups in total. The molecule has 0 radical (unpaired) electrons. The number of anilines is 2. The van der Waals surface area contributed by atoms with E-state index < -0.39 is 0 Å². The van der Waals surface area contributed by atoms with E-state index in [1.165, 1.54) is 28.9 Å². The molecule has 2 unspecified atom stereocenters. The Labute approximate surface area is 281 Å². The molecule has 248 valence electrons. The lowest BCUT2D eigenvalue weighted by atomic mass is 9.79. The molecule has 9 nitrogen and oxygen atoms in total. The molecule has 6 rings (SSSR count). The quantitative estimate of drug-likeness (QED) is 0.0881. The topological polar surface area (TPSA) is 143 Å². The first kappa shape index (κ1) is 32.7. The summed E-state index contributed by atoms with van der Waals surface area (Å²) >= 11 is 0. The van der Waals surface area contributed by atoms with Gasteiger partial charge >= 0.3 is 0 Å². The summed E-state index contributed by atoms with van der Waals surface area (Å²) < 4.78 is 0. The molecule has 3 amide bonds. The number of aryl methyl sites for hydroxylation is 2. The maximum atomic E-state index is 13.9. The summed E-state index contributed by atoms with van der Waals surface area (Å²) in [4.78, 5) is 46.0. The van der Waals surface area contributed by atoms with E-state index in [4.69, 9.17) is 11.5 Å². The number of imide groups is 1. The maximum absolute atomic E-state index is 13.9. The first-order chi connectivity index (χ1) is 23.3. The SMILES string of the molecule is Cc1ccc(CCNC(=O)CCc2cccc(N3C(=O)c4cccc5c(NCC6CCCCC6CN=C(N)N)ccc(c45)C3=O)c2)cc1. The molecule has 1 aliphatic carbocycles. The van der Waals surface area contributed by atoms with Gasteiger partial charge in [-0.25, -0.2) is 4.90 Å². The molecule has 9 heteroatoms. The number of aliphatic imine (C=N–C) groups is 1. The van der Waals surface area contributed by atoms with Crippen LogP contribution in [0.4, 0.5) is 11.4 Å². The molecule has 1 saturated carbocycles. The first-order valence-electron chi connectivity index (χ1n) is 16.9. The Morgan fingerprint density at radius 3 is 2.35 bits per heavy atom. The van der Waals surface area contributed by atoms with Gasteiger partial charge in [0, 0.05) is 53.6 Å². The highest BCUT2D eigenvalue weighted by molar-refractivity contribution is 6.36. The Bertz CT molecular complexity index is 1820.